The third-order valence-corrected chi connectivity index (χ3v) is 4.38. The number of H-pyrrole nitrogens is 1. The van der Waals surface area contributed by atoms with Crippen LogP contribution in [-0.4, -0.2) is 40.2 Å². The number of hydrogen-bond acceptors (Lipinski definition) is 3. The molecular formula is C18H27N3O. The van der Waals surface area contributed by atoms with Crippen LogP contribution in [0.5, 0.6) is 0 Å². The van der Waals surface area contributed by atoms with E-state index in [9.17, 15) is 0 Å². The van der Waals surface area contributed by atoms with E-state index >= 15 is 0 Å². The second kappa shape index (κ2) is 6.01. The van der Waals surface area contributed by atoms with E-state index in [1.54, 1.807) is 0 Å². The minimum absolute atomic E-state index is 0.302. The van der Waals surface area contributed by atoms with Crippen LogP contribution >= 0.6 is 0 Å². The predicted molar refractivity (Wildman–Crippen MR) is 90.2 cm³/mol. The Labute approximate surface area is 132 Å². The molecule has 1 fully saturated rings. The van der Waals surface area contributed by atoms with Crippen LogP contribution in [-0.2, 0) is 11.3 Å². The van der Waals surface area contributed by atoms with Crippen molar-refractivity contribution in [2.45, 2.75) is 59.3 Å². The Hall–Kier alpha value is -1.39. The number of nitrogens with zero attached hydrogens (tertiary/aromatic N) is 2. The van der Waals surface area contributed by atoms with E-state index in [0.29, 0.717) is 18.1 Å². The molecule has 2 atom stereocenters. The smallest absolute Gasteiger partial charge is 0.137 e. The van der Waals surface area contributed by atoms with Crippen molar-refractivity contribution in [3.8, 4) is 0 Å². The molecule has 3 heterocycles. The van der Waals surface area contributed by atoms with E-state index in [4.69, 9.17) is 4.74 Å². The molecule has 4 heteroatoms. The predicted octanol–water partition coefficient (Wildman–Crippen LogP) is 3.60. The number of fused-ring (bicyclic) bond motifs is 1. The number of rotatable bonds is 3. The number of aryl methyl sites for hydroxylation is 1. The second-order valence-electron chi connectivity index (χ2n) is 7.03. The van der Waals surface area contributed by atoms with Gasteiger partial charge in [-0.05, 0) is 43.9 Å². The molecule has 4 nitrogen and oxygen atoms in total. The van der Waals surface area contributed by atoms with Gasteiger partial charge >= 0.3 is 0 Å². The Morgan fingerprint density at radius 1 is 1.32 bits per heavy atom. The van der Waals surface area contributed by atoms with Gasteiger partial charge in [-0.3, -0.25) is 4.90 Å². The molecule has 22 heavy (non-hydrogen) atoms. The number of morpholine rings is 1. The number of nitrogens with one attached hydrogen (secondary N) is 1. The molecular weight excluding hydrogens is 274 g/mol. The summed E-state index contributed by atoms with van der Waals surface area (Å²) in [7, 11) is 0. The lowest BCUT2D eigenvalue weighted by atomic mass is 10.0. The lowest BCUT2D eigenvalue weighted by molar-refractivity contribution is -0.0704. The first kappa shape index (κ1) is 15.5. The lowest BCUT2D eigenvalue weighted by Crippen LogP contribution is -2.44. The van der Waals surface area contributed by atoms with Crippen molar-refractivity contribution in [3.05, 3.63) is 29.1 Å². The van der Waals surface area contributed by atoms with Gasteiger partial charge in [0.1, 0.15) is 5.65 Å². The maximum atomic E-state index is 5.86. The summed E-state index contributed by atoms with van der Waals surface area (Å²) in [4.78, 5) is 10.6. The zero-order chi connectivity index (χ0) is 15.9. The van der Waals surface area contributed by atoms with Crippen LogP contribution in [0, 0.1) is 6.92 Å². The molecule has 2 aromatic heterocycles. The standard InChI is InChI=1S/C18H27N3O/c1-11(2)17-16(10-21-8-13(4)22-14(5)9-21)15-6-12(3)7-19-18(15)20-17/h6-7,11,13-14H,8-10H2,1-5H3,(H,19,20)/t13-,14-/m0/s1. The normalized spacial score (nSPS) is 23.5. The van der Waals surface area contributed by atoms with Gasteiger partial charge in [-0.2, -0.15) is 0 Å². The summed E-state index contributed by atoms with van der Waals surface area (Å²) in [5.74, 6) is 0.473. The van der Waals surface area contributed by atoms with Crippen LogP contribution in [0.15, 0.2) is 12.3 Å². The summed E-state index contributed by atoms with van der Waals surface area (Å²) < 4.78 is 5.86. The zero-order valence-corrected chi connectivity index (χ0v) is 14.3. The summed E-state index contributed by atoms with van der Waals surface area (Å²) in [6.07, 6.45) is 2.54. The number of aromatic amines is 1. The Morgan fingerprint density at radius 2 is 2.00 bits per heavy atom. The Morgan fingerprint density at radius 3 is 2.64 bits per heavy atom. The average molecular weight is 301 g/mol. The molecule has 0 radical (unpaired) electrons. The van der Waals surface area contributed by atoms with Crippen LogP contribution in [0.25, 0.3) is 11.0 Å². The van der Waals surface area contributed by atoms with Gasteiger partial charge in [0.2, 0.25) is 0 Å². The third-order valence-electron chi connectivity index (χ3n) is 4.38. The Balaban J connectivity index is 1.97. The summed E-state index contributed by atoms with van der Waals surface area (Å²) in [5, 5.41) is 1.27. The first-order valence-corrected chi connectivity index (χ1v) is 8.29. The van der Waals surface area contributed by atoms with Crippen LogP contribution in [0.3, 0.4) is 0 Å². The summed E-state index contributed by atoms with van der Waals surface area (Å²) >= 11 is 0. The van der Waals surface area contributed by atoms with Crippen molar-refractivity contribution in [3.63, 3.8) is 0 Å². The summed E-state index contributed by atoms with van der Waals surface area (Å²) in [6, 6.07) is 2.26. The topological polar surface area (TPSA) is 41.2 Å². The first-order valence-electron chi connectivity index (χ1n) is 8.29. The monoisotopic (exact) mass is 301 g/mol. The van der Waals surface area contributed by atoms with Crippen LogP contribution < -0.4 is 0 Å². The highest BCUT2D eigenvalue weighted by molar-refractivity contribution is 5.82. The van der Waals surface area contributed by atoms with E-state index < -0.39 is 0 Å². The number of ether oxygens (including phenoxy) is 1. The molecule has 1 saturated heterocycles. The second-order valence-corrected chi connectivity index (χ2v) is 7.03. The summed E-state index contributed by atoms with van der Waals surface area (Å²) in [6.45, 7) is 13.9. The molecule has 1 aliphatic heterocycles. The molecule has 0 bridgehead atoms. The van der Waals surface area contributed by atoms with Crippen molar-refractivity contribution >= 4 is 11.0 Å². The van der Waals surface area contributed by atoms with Gasteiger partial charge in [-0.1, -0.05) is 13.8 Å². The molecule has 0 saturated carbocycles. The van der Waals surface area contributed by atoms with Gasteiger partial charge in [-0.25, -0.2) is 4.98 Å². The molecule has 2 aromatic rings. The van der Waals surface area contributed by atoms with Crippen LogP contribution in [0.1, 0.15) is 50.4 Å². The number of hydrogen-bond donors (Lipinski definition) is 1. The minimum atomic E-state index is 0.302. The van der Waals surface area contributed by atoms with E-state index in [2.05, 4.69) is 55.6 Å². The zero-order valence-electron chi connectivity index (χ0n) is 14.3. The highest BCUT2D eigenvalue weighted by Crippen LogP contribution is 2.29. The van der Waals surface area contributed by atoms with Gasteiger partial charge in [0.05, 0.1) is 12.2 Å². The number of aromatic nitrogens is 2. The van der Waals surface area contributed by atoms with Crippen molar-refractivity contribution in [2.24, 2.45) is 0 Å². The van der Waals surface area contributed by atoms with E-state index in [1.165, 1.54) is 22.2 Å². The maximum Gasteiger partial charge on any atom is 0.137 e. The van der Waals surface area contributed by atoms with Crippen molar-refractivity contribution in [1.29, 1.82) is 0 Å². The van der Waals surface area contributed by atoms with Gasteiger partial charge in [0, 0.05) is 36.9 Å². The maximum absolute atomic E-state index is 5.86. The Bertz CT molecular complexity index is 652. The molecule has 1 aliphatic rings. The summed E-state index contributed by atoms with van der Waals surface area (Å²) in [5.41, 5.74) is 4.95. The SMILES string of the molecule is Cc1cnc2[nH]c(C(C)C)c(CN3C[C@H](C)O[C@@H](C)C3)c2c1. The highest BCUT2D eigenvalue weighted by Gasteiger charge is 2.24. The molecule has 1 N–H and O–H groups in total. The molecule has 0 aliphatic carbocycles. The fourth-order valence-corrected chi connectivity index (χ4v) is 3.55. The van der Waals surface area contributed by atoms with Crippen molar-refractivity contribution in [1.82, 2.24) is 14.9 Å². The molecule has 3 rings (SSSR count). The van der Waals surface area contributed by atoms with E-state index in [0.717, 1.165) is 25.3 Å². The fourth-order valence-electron chi connectivity index (χ4n) is 3.55. The van der Waals surface area contributed by atoms with Crippen LogP contribution in [0.2, 0.25) is 0 Å². The Kier molecular flexibility index (Phi) is 4.24. The van der Waals surface area contributed by atoms with Gasteiger partial charge in [0.15, 0.2) is 0 Å². The fraction of sp³-hybridized carbons (Fsp3) is 0.611. The first-order chi connectivity index (χ1) is 10.4. The quantitative estimate of drug-likeness (QED) is 0.941. The van der Waals surface area contributed by atoms with Crippen molar-refractivity contribution in [2.75, 3.05) is 13.1 Å². The molecule has 0 amide bonds. The van der Waals surface area contributed by atoms with E-state index in [-0.39, 0.29) is 0 Å². The molecule has 0 aromatic carbocycles. The average Bonchev–Trinajstić information content (AvgIpc) is 2.76. The molecule has 0 unspecified atom stereocenters. The molecule has 120 valence electrons. The van der Waals surface area contributed by atoms with Crippen molar-refractivity contribution < 1.29 is 4.74 Å². The van der Waals surface area contributed by atoms with Gasteiger partial charge in [-0.15, -0.1) is 0 Å². The lowest BCUT2D eigenvalue weighted by Gasteiger charge is -2.35. The van der Waals surface area contributed by atoms with Gasteiger partial charge < -0.3 is 9.72 Å². The third kappa shape index (κ3) is 3.03. The highest BCUT2D eigenvalue weighted by atomic mass is 16.5. The molecule has 0 spiro atoms. The largest absolute Gasteiger partial charge is 0.373 e. The minimum Gasteiger partial charge on any atom is -0.373 e. The van der Waals surface area contributed by atoms with Crippen LogP contribution in [0.4, 0.5) is 0 Å². The van der Waals surface area contributed by atoms with Gasteiger partial charge in [0.25, 0.3) is 0 Å². The number of pyridine rings is 1. The van der Waals surface area contributed by atoms with E-state index in [1.807, 2.05) is 6.20 Å².